The Morgan fingerprint density at radius 2 is 1.27 bits per heavy atom. The molecular formula is C26H50O4. The number of carboxylic acid groups (broad SMARTS) is 1. The van der Waals surface area contributed by atoms with E-state index in [1.54, 1.807) is 0 Å². The minimum atomic E-state index is -0.710. The van der Waals surface area contributed by atoms with E-state index in [1.807, 2.05) is 0 Å². The van der Waals surface area contributed by atoms with E-state index < -0.39 is 5.97 Å². The SMILES string of the molecule is CCCCCCCC(CC(CC)CCCC)OC(=O)CCCCCCCCC(=O)O. The highest BCUT2D eigenvalue weighted by atomic mass is 16.5. The monoisotopic (exact) mass is 426 g/mol. The van der Waals surface area contributed by atoms with Crippen molar-refractivity contribution in [2.45, 2.75) is 149 Å². The lowest BCUT2D eigenvalue weighted by molar-refractivity contribution is -0.150. The summed E-state index contributed by atoms with van der Waals surface area (Å²) < 4.78 is 5.94. The third-order valence-electron chi connectivity index (χ3n) is 6.09. The number of carbonyl (C=O) groups excluding carboxylic acids is 1. The van der Waals surface area contributed by atoms with Gasteiger partial charge in [0.1, 0.15) is 6.10 Å². The summed E-state index contributed by atoms with van der Waals surface area (Å²) in [5.41, 5.74) is 0. The predicted octanol–water partition coefficient (Wildman–Crippen LogP) is 8.07. The first-order chi connectivity index (χ1) is 14.5. The molecule has 0 aliphatic heterocycles. The molecule has 0 spiro atoms. The van der Waals surface area contributed by atoms with Crippen LogP contribution in [0, 0.1) is 5.92 Å². The van der Waals surface area contributed by atoms with Crippen LogP contribution in [0.5, 0.6) is 0 Å². The molecule has 2 unspecified atom stereocenters. The van der Waals surface area contributed by atoms with E-state index in [0.29, 0.717) is 12.3 Å². The van der Waals surface area contributed by atoms with Crippen LogP contribution < -0.4 is 0 Å². The van der Waals surface area contributed by atoms with Crippen LogP contribution in [0.25, 0.3) is 0 Å². The molecule has 30 heavy (non-hydrogen) atoms. The van der Waals surface area contributed by atoms with Crippen LogP contribution in [-0.2, 0) is 14.3 Å². The summed E-state index contributed by atoms with van der Waals surface area (Å²) >= 11 is 0. The fraction of sp³-hybridized carbons (Fsp3) is 0.923. The largest absolute Gasteiger partial charge is 0.481 e. The number of carboxylic acids is 1. The van der Waals surface area contributed by atoms with E-state index in [9.17, 15) is 9.59 Å². The second-order valence-corrected chi connectivity index (χ2v) is 8.98. The lowest BCUT2D eigenvalue weighted by atomic mass is 9.91. The van der Waals surface area contributed by atoms with Crippen LogP contribution in [-0.4, -0.2) is 23.1 Å². The summed E-state index contributed by atoms with van der Waals surface area (Å²) in [5.74, 6) is -0.0633. The summed E-state index contributed by atoms with van der Waals surface area (Å²) in [5, 5.41) is 8.64. The van der Waals surface area contributed by atoms with Gasteiger partial charge in [0.25, 0.3) is 0 Å². The molecule has 2 atom stereocenters. The van der Waals surface area contributed by atoms with E-state index in [4.69, 9.17) is 9.84 Å². The molecule has 0 aliphatic carbocycles. The summed E-state index contributed by atoms with van der Waals surface area (Å²) in [6, 6.07) is 0. The third-order valence-corrected chi connectivity index (χ3v) is 6.09. The highest BCUT2D eigenvalue weighted by molar-refractivity contribution is 5.69. The number of rotatable bonds is 22. The normalized spacial score (nSPS) is 13.2. The molecule has 4 nitrogen and oxygen atoms in total. The molecular weight excluding hydrogens is 376 g/mol. The van der Waals surface area contributed by atoms with Gasteiger partial charge in [0.05, 0.1) is 0 Å². The maximum absolute atomic E-state index is 12.4. The summed E-state index contributed by atoms with van der Waals surface area (Å²) in [4.78, 5) is 22.9. The minimum absolute atomic E-state index is 0.0234. The lowest BCUT2D eigenvalue weighted by Gasteiger charge is -2.23. The molecule has 0 amide bonds. The van der Waals surface area contributed by atoms with Crippen LogP contribution >= 0.6 is 0 Å². The van der Waals surface area contributed by atoms with Crippen molar-refractivity contribution in [1.82, 2.24) is 0 Å². The molecule has 0 aromatic carbocycles. The van der Waals surface area contributed by atoms with Crippen molar-refractivity contribution >= 4 is 11.9 Å². The molecule has 0 radical (unpaired) electrons. The smallest absolute Gasteiger partial charge is 0.306 e. The highest BCUT2D eigenvalue weighted by Gasteiger charge is 2.19. The van der Waals surface area contributed by atoms with Crippen molar-refractivity contribution in [1.29, 1.82) is 0 Å². The van der Waals surface area contributed by atoms with E-state index in [2.05, 4.69) is 20.8 Å². The molecule has 0 saturated heterocycles. The summed E-state index contributed by atoms with van der Waals surface area (Å²) in [6.45, 7) is 6.74. The Bertz CT molecular complexity index is 408. The Labute approximate surface area is 186 Å². The molecule has 0 bridgehead atoms. The summed E-state index contributed by atoms with van der Waals surface area (Å²) in [7, 11) is 0. The van der Waals surface area contributed by atoms with Gasteiger partial charge in [-0.15, -0.1) is 0 Å². The fourth-order valence-corrected chi connectivity index (χ4v) is 4.05. The van der Waals surface area contributed by atoms with Gasteiger partial charge in [-0.05, 0) is 38.0 Å². The molecule has 0 rings (SSSR count). The second kappa shape index (κ2) is 21.2. The number of hydrogen-bond acceptors (Lipinski definition) is 3. The lowest BCUT2D eigenvalue weighted by Crippen LogP contribution is -2.21. The van der Waals surface area contributed by atoms with Crippen molar-refractivity contribution < 1.29 is 19.4 Å². The average molecular weight is 427 g/mol. The molecule has 0 fully saturated rings. The Hall–Kier alpha value is -1.06. The zero-order valence-corrected chi connectivity index (χ0v) is 20.3. The van der Waals surface area contributed by atoms with E-state index in [0.717, 1.165) is 51.4 Å². The van der Waals surface area contributed by atoms with Crippen molar-refractivity contribution in [3.8, 4) is 0 Å². The van der Waals surface area contributed by atoms with Crippen LogP contribution in [0.4, 0.5) is 0 Å². The van der Waals surface area contributed by atoms with Gasteiger partial charge >= 0.3 is 11.9 Å². The molecule has 4 heteroatoms. The predicted molar refractivity (Wildman–Crippen MR) is 126 cm³/mol. The first kappa shape index (κ1) is 28.9. The number of esters is 1. The number of aliphatic carboxylic acids is 1. The van der Waals surface area contributed by atoms with E-state index >= 15 is 0 Å². The van der Waals surface area contributed by atoms with Crippen LogP contribution in [0.1, 0.15) is 143 Å². The minimum Gasteiger partial charge on any atom is -0.481 e. The Morgan fingerprint density at radius 3 is 1.87 bits per heavy atom. The van der Waals surface area contributed by atoms with Gasteiger partial charge in [0.15, 0.2) is 0 Å². The Morgan fingerprint density at radius 1 is 0.700 bits per heavy atom. The standard InChI is InChI=1S/C26H50O4/c1-4-7-9-12-15-19-24(22-23(6-3)18-8-5-2)30-26(29)21-17-14-11-10-13-16-20-25(27)28/h23-24H,4-22H2,1-3H3,(H,27,28). The molecule has 0 saturated carbocycles. The third kappa shape index (κ3) is 18.9. The number of hydrogen-bond donors (Lipinski definition) is 1. The van der Waals surface area contributed by atoms with Crippen molar-refractivity contribution in [2.24, 2.45) is 5.92 Å². The van der Waals surface area contributed by atoms with Crippen molar-refractivity contribution in [3.63, 3.8) is 0 Å². The molecule has 1 N–H and O–H groups in total. The molecule has 0 aromatic heterocycles. The van der Waals surface area contributed by atoms with Crippen LogP contribution in [0.15, 0.2) is 0 Å². The number of carbonyl (C=O) groups is 2. The first-order valence-corrected chi connectivity index (χ1v) is 12.9. The quantitative estimate of drug-likeness (QED) is 0.140. The van der Waals surface area contributed by atoms with Gasteiger partial charge in [-0.2, -0.15) is 0 Å². The molecule has 0 aliphatic rings. The van der Waals surface area contributed by atoms with Crippen molar-refractivity contribution in [3.05, 3.63) is 0 Å². The van der Waals surface area contributed by atoms with Crippen LogP contribution in [0.3, 0.4) is 0 Å². The number of unbranched alkanes of at least 4 members (excludes halogenated alkanes) is 10. The van der Waals surface area contributed by atoms with Gasteiger partial charge in [0, 0.05) is 12.8 Å². The maximum atomic E-state index is 12.4. The molecule has 0 aromatic rings. The fourth-order valence-electron chi connectivity index (χ4n) is 4.05. The van der Waals surface area contributed by atoms with Gasteiger partial charge in [-0.1, -0.05) is 97.8 Å². The molecule has 0 heterocycles. The van der Waals surface area contributed by atoms with Gasteiger partial charge in [-0.3, -0.25) is 9.59 Å². The number of ether oxygens (including phenoxy) is 1. The highest BCUT2D eigenvalue weighted by Crippen LogP contribution is 2.24. The van der Waals surface area contributed by atoms with Gasteiger partial charge in [0.2, 0.25) is 0 Å². The van der Waals surface area contributed by atoms with Crippen molar-refractivity contribution in [2.75, 3.05) is 0 Å². The van der Waals surface area contributed by atoms with Gasteiger partial charge < -0.3 is 9.84 Å². The first-order valence-electron chi connectivity index (χ1n) is 12.9. The van der Waals surface area contributed by atoms with E-state index in [-0.39, 0.29) is 18.5 Å². The Balaban J connectivity index is 4.17. The van der Waals surface area contributed by atoms with E-state index in [1.165, 1.54) is 57.8 Å². The zero-order valence-electron chi connectivity index (χ0n) is 20.3. The van der Waals surface area contributed by atoms with Gasteiger partial charge in [-0.25, -0.2) is 0 Å². The Kier molecular flexibility index (Phi) is 20.4. The molecule has 178 valence electrons. The zero-order chi connectivity index (χ0) is 22.5. The van der Waals surface area contributed by atoms with Crippen LogP contribution in [0.2, 0.25) is 0 Å². The second-order valence-electron chi connectivity index (χ2n) is 8.98. The topological polar surface area (TPSA) is 63.6 Å². The summed E-state index contributed by atoms with van der Waals surface area (Å²) in [6.07, 6.45) is 19.9. The average Bonchev–Trinajstić information content (AvgIpc) is 2.72. The maximum Gasteiger partial charge on any atom is 0.306 e.